The van der Waals surface area contributed by atoms with E-state index in [0.29, 0.717) is 12.1 Å². The van der Waals surface area contributed by atoms with E-state index in [1.54, 1.807) is 13.2 Å². The third-order valence-electron chi connectivity index (χ3n) is 5.35. The minimum Gasteiger partial charge on any atom is -0.497 e. The van der Waals surface area contributed by atoms with E-state index in [1.165, 1.54) is 5.56 Å². The van der Waals surface area contributed by atoms with Crippen LogP contribution in [0.2, 0.25) is 0 Å². The van der Waals surface area contributed by atoms with Crippen LogP contribution in [0.1, 0.15) is 38.7 Å². The van der Waals surface area contributed by atoms with E-state index in [0.717, 1.165) is 28.9 Å². The summed E-state index contributed by atoms with van der Waals surface area (Å²) in [6, 6.07) is 23.4. The van der Waals surface area contributed by atoms with Crippen LogP contribution in [-0.2, 0) is 19.6 Å². The van der Waals surface area contributed by atoms with Crippen LogP contribution in [0.5, 0.6) is 5.75 Å². The SMILES string of the molecule is COc1ccc2c(c1)CN(C(=O)c1cccc(CO)c1)[C@H](c1ccccc1)C2. The fourth-order valence-corrected chi connectivity index (χ4v) is 3.84. The lowest BCUT2D eigenvalue weighted by molar-refractivity contribution is 0.0637. The van der Waals surface area contributed by atoms with E-state index in [2.05, 4.69) is 18.2 Å². The molecule has 4 rings (SSSR count). The maximum Gasteiger partial charge on any atom is 0.254 e. The second kappa shape index (κ2) is 7.87. The van der Waals surface area contributed by atoms with Gasteiger partial charge in [0.25, 0.3) is 5.91 Å². The van der Waals surface area contributed by atoms with Crippen LogP contribution in [-0.4, -0.2) is 23.0 Å². The molecule has 28 heavy (non-hydrogen) atoms. The molecule has 0 radical (unpaired) electrons. The van der Waals surface area contributed by atoms with E-state index < -0.39 is 0 Å². The summed E-state index contributed by atoms with van der Waals surface area (Å²) in [5.74, 6) is 0.768. The van der Waals surface area contributed by atoms with E-state index in [-0.39, 0.29) is 18.6 Å². The number of hydrogen-bond donors (Lipinski definition) is 1. The van der Waals surface area contributed by atoms with Crippen molar-refractivity contribution in [2.24, 2.45) is 0 Å². The van der Waals surface area contributed by atoms with Crippen LogP contribution in [0.3, 0.4) is 0 Å². The number of nitrogens with zero attached hydrogens (tertiary/aromatic N) is 1. The third-order valence-corrected chi connectivity index (χ3v) is 5.35. The van der Waals surface area contributed by atoms with Crippen LogP contribution in [0.15, 0.2) is 72.8 Å². The number of rotatable bonds is 4. The molecule has 0 aromatic heterocycles. The van der Waals surface area contributed by atoms with Gasteiger partial charge in [0.1, 0.15) is 5.75 Å². The minimum absolute atomic E-state index is 0.0300. The van der Waals surface area contributed by atoms with Crippen molar-refractivity contribution in [1.82, 2.24) is 4.90 Å². The van der Waals surface area contributed by atoms with Crippen molar-refractivity contribution in [1.29, 1.82) is 0 Å². The first-order valence-electron chi connectivity index (χ1n) is 9.41. The van der Waals surface area contributed by atoms with Crippen LogP contribution >= 0.6 is 0 Å². The second-order valence-electron chi connectivity index (χ2n) is 7.06. The monoisotopic (exact) mass is 373 g/mol. The number of benzene rings is 3. The summed E-state index contributed by atoms with van der Waals surface area (Å²) in [5, 5.41) is 9.43. The molecule has 0 saturated heterocycles. The standard InChI is InChI=1S/C24H23NO3/c1-28-22-11-10-19-14-23(18-7-3-2-4-8-18)25(15-21(19)13-22)24(27)20-9-5-6-17(12-20)16-26/h2-13,23,26H,14-16H2,1H3/t23-/m0/s1. The normalized spacial score (nSPS) is 15.8. The predicted molar refractivity (Wildman–Crippen MR) is 108 cm³/mol. The van der Waals surface area contributed by atoms with E-state index in [1.807, 2.05) is 53.4 Å². The second-order valence-corrected chi connectivity index (χ2v) is 7.06. The molecule has 4 heteroatoms. The number of amides is 1. The highest BCUT2D eigenvalue weighted by Gasteiger charge is 2.31. The van der Waals surface area contributed by atoms with E-state index in [9.17, 15) is 9.90 Å². The van der Waals surface area contributed by atoms with Crippen LogP contribution in [0.4, 0.5) is 0 Å². The average Bonchev–Trinajstić information content (AvgIpc) is 2.77. The predicted octanol–water partition coefficient (Wildman–Crippen LogP) is 4.13. The van der Waals surface area contributed by atoms with Crippen molar-refractivity contribution < 1.29 is 14.6 Å². The van der Waals surface area contributed by atoms with Gasteiger partial charge >= 0.3 is 0 Å². The Bertz CT molecular complexity index is 984. The molecule has 142 valence electrons. The summed E-state index contributed by atoms with van der Waals surface area (Å²) < 4.78 is 5.37. The summed E-state index contributed by atoms with van der Waals surface area (Å²) >= 11 is 0. The Morgan fingerprint density at radius 2 is 1.86 bits per heavy atom. The molecule has 0 saturated carbocycles. The Balaban J connectivity index is 1.75. The van der Waals surface area contributed by atoms with Gasteiger partial charge in [-0.25, -0.2) is 0 Å². The Labute approximate surface area is 165 Å². The lowest BCUT2D eigenvalue weighted by Gasteiger charge is -2.37. The molecule has 3 aromatic rings. The molecule has 4 nitrogen and oxygen atoms in total. The highest BCUT2D eigenvalue weighted by atomic mass is 16.5. The third kappa shape index (κ3) is 3.51. The van der Waals surface area contributed by atoms with Gasteiger partial charge in [0.15, 0.2) is 0 Å². The van der Waals surface area contributed by atoms with Gasteiger partial charge < -0.3 is 14.7 Å². The molecule has 1 N–H and O–H groups in total. The topological polar surface area (TPSA) is 49.8 Å². The number of carbonyl (C=O) groups is 1. The molecular weight excluding hydrogens is 350 g/mol. The summed E-state index contributed by atoms with van der Waals surface area (Å²) in [6.45, 7) is 0.442. The average molecular weight is 373 g/mol. The highest BCUT2D eigenvalue weighted by molar-refractivity contribution is 5.95. The zero-order valence-electron chi connectivity index (χ0n) is 15.8. The van der Waals surface area contributed by atoms with Gasteiger partial charge in [0.05, 0.1) is 19.8 Å². The van der Waals surface area contributed by atoms with Gasteiger partial charge in [-0.1, -0.05) is 48.5 Å². The maximum atomic E-state index is 13.4. The smallest absolute Gasteiger partial charge is 0.254 e. The summed E-state index contributed by atoms with van der Waals surface area (Å²) in [4.78, 5) is 15.4. The molecule has 3 aromatic carbocycles. The van der Waals surface area contributed by atoms with Crippen molar-refractivity contribution in [3.05, 3.63) is 101 Å². The number of carbonyl (C=O) groups excluding carboxylic acids is 1. The molecule has 0 bridgehead atoms. The number of fused-ring (bicyclic) bond motifs is 1. The first kappa shape index (κ1) is 18.3. The largest absolute Gasteiger partial charge is 0.497 e. The van der Waals surface area contributed by atoms with Crippen molar-refractivity contribution in [2.45, 2.75) is 25.6 Å². The fourth-order valence-electron chi connectivity index (χ4n) is 3.84. The molecule has 0 fully saturated rings. The van der Waals surface area contributed by atoms with E-state index in [4.69, 9.17) is 4.74 Å². The van der Waals surface area contributed by atoms with Crippen molar-refractivity contribution in [3.8, 4) is 5.75 Å². The first-order chi connectivity index (χ1) is 13.7. The van der Waals surface area contributed by atoms with Gasteiger partial charge in [-0.15, -0.1) is 0 Å². The molecule has 1 heterocycles. The van der Waals surface area contributed by atoms with Crippen molar-refractivity contribution >= 4 is 5.91 Å². The van der Waals surface area contributed by atoms with Gasteiger partial charge in [-0.05, 0) is 52.9 Å². The quantitative estimate of drug-likeness (QED) is 0.748. The van der Waals surface area contributed by atoms with Crippen LogP contribution < -0.4 is 4.74 Å². The number of aliphatic hydroxyl groups is 1. The zero-order valence-corrected chi connectivity index (χ0v) is 15.8. The number of aliphatic hydroxyl groups excluding tert-OH is 1. The lowest BCUT2D eigenvalue weighted by atomic mass is 9.89. The van der Waals surface area contributed by atoms with Gasteiger partial charge in [-0.3, -0.25) is 4.79 Å². The van der Waals surface area contributed by atoms with Crippen LogP contribution in [0, 0.1) is 0 Å². The first-order valence-corrected chi connectivity index (χ1v) is 9.41. The molecule has 0 aliphatic carbocycles. The summed E-state index contributed by atoms with van der Waals surface area (Å²) in [6.07, 6.45) is 0.759. The highest BCUT2D eigenvalue weighted by Crippen LogP contribution is 2.35. The van der Waals surface area contributed by atoms with Crippen molar-refractivity contribution in [2.75, 3.05) is 7.11 Å². The molecule has 0 spiro atoms. The number of ether oxygens (including phenoxy) is 1. The molecule has 1 atom stereocenters. The summed E-state index contributed by atoms with van der Waals surface area (Å²) in [5.41, 5.74) is 4.80. The fraction of sp³-hybridized carbons (Fsp3) is 0.208. The number of hydrogen-bond acceptors (Lipinski definition) is 3. The molecule has 1 aliphatic rings. The minimum atomic E-state index is -0.0801. The van der Waals surface area contributed by atoms with Gasteiger partial charge in [-0.2, -0.15) is 0 Å². The summed E-state index contributed by atoms with van der Waals surface area (Å²) in [7, 11) is 1.65. The van der Waals surface area contributed by atoms with Gasteiger partial charge in [0.2, 0.25) is 0 Å². The molecule has 1 amide bonds. The van der Waals surface area contributed by atoms with Crippen LogP contribution in [0.25, 0.3) is 0 Å². The number of methoxy groups -OCH3 is 1. The Hall–Kier alpha value is -3.11. The van der Waals surface area contributed by atoms with E-state index >= 15 is 0 Å². The Morgan fingerprint density at radius 3 is 2.61 bits per heavy atom. The Morgan fingerprint density at radius 1 is 1.04 bits per heavy atom. The Kier molecular flexibility index (Phi) is 5.13. The maximum absolute atomic E-state index is 13.4. The molecule has 0 unspecified atom stereocenters. The van der Waals surface area contributed by atoms with Gasteiger partial charge in [0, 0.05) is 12.1 Å². The molecular formula is C24H23NO3. The van der Waals surface area contributed by atoms with Crippen molar-refractivity contribution in [3.63, 3.8) is 0 Å². The lowest BCUT2D eigenvalue weighted by Crippen LogP contribution is -2.39. The zero-order chi connectivity index (χ0) is 19.5. The molecule has 1 aliphatic heterocycles.